The van der Waals surface area contributed by atoms with E-state index in [1.807, 2.05) is 4.90 Å². The number of carbonyl (C=O) groups is 1. The van der Waals surface area contributed by atoms with Gasteiger partial charge in [-0.1, -0.05) is 0 Å². The largest absolute Gasteiger partial charge is 0.408 e. The van der Waals surface area contributed by atoms with Gasteiger partial charge in [-0.15, -0.1) is 0 Å². The predicted octanol–water partition coefficient (Wildman–Crippen LogP) is 1.34. The summed E-state index contributed by atoms with van der Waals surface area (Å²) in [5.41, 5.74) is -0.381. The number of alkyl halides is 3. The molecule has 1 aromatic heterocycles. The Kier molecular flexibility index (Phi) is 3.98. The minimum atomic E-state index is -4.50. The molecule has 152 valence electrons. The highest BCUT2D eigenvalue weighted by atomic mass is 19.4. The number of halogens is 3. The smallest absolute Gasteiger partial charge is 0.374 e. The molecule has 3 atom stereocenters. The number of anilines is 2. The lowest BCUT2D eigenvalue weighted by atomic mass is 10.1. The van der Waals surface area contributed by atoms with E-state index in [9.17, 15) is 22.8 Å². The third-order valence-electron chi connectivity index (χ3n) is 6.17. The third kappa shape index (κ3) is 2.98. The predicted molar refractivity (Wildman–Crippen MR) is 93.5 cm³/mol. The van der Waals surface area contributed by atoms with E-state index >= 15 is 0 Å². The summed E-state index contributed by atoms with van der Waals surface area (Å²) in [7, 11) is 0. The average Bonchev–Trinajstić information content (AvgIpc) is 3.28. The molecule has 4 aliphatic rings. The van der Waals surface area contributed by atoms with Crippen LogP contribution in [-0.4, -0.2) is 59.4 Å². The van der Waals surface area contributed by atoms with Crippen LogP contribution in [0.5, 0.6) is 0 Å². The summed E-state index contributed by atoms with van der Waals surface area (Å²) < 4.78 is 47.9. The van der Waals surface area contributed by atoms with Crippen LogP contribution >= 0.6 is 0 Å². The Labute approximate surface area is 159 Å². The van der Waals surface area contributed by atoms with Crippen LogP contribution < -0.4 is 15.4 Å². The summed E-state index contributed by atoms with van der Waals surface area (Å²) in [5.74, 6) is -0.0471. The molecule has 4 heterocycles. The molecule has 0 radical (unpaired) electrons. The van der Waals surface area contributed by atoms with E-state index < -0.39 is 12.2 Å². The van der Waals surface area contributed by atoms with Gasteiger partial charge in [0.05, 0.1) is 25.3 Å². The fraction of sp³-hybridized carbons (Fsp3) is 0.722. The molecule has 1 saturated carbocycles. The number of rotatable bonds is 4. The van der Waals surface area contributed by atoms with Crippen LogP contribution in [0.4, 0.5) is 24.9 Å². The molecule has 28 heavy (non-hydrogen) atoms. The van der Waals surface area contributed by atoms with E-state index in [0.29, 0.717) is 19.0 Å². The van der Waals surface area contributed by atoms with E-state index in [1.165, 1.54) is 10.6 Å². The van der Waals surface area contributed by atoms with Crippen LogP contribution in [0.2, 0.25) is 0 Å². The minimum Gasteiger partial charge on any atom is -0.374 e. The topological polar surface area (TPSA) is 67.7 Å². The molecule has 7 nitrogen and oxygen atoms in total. The number of ketones is 1. The molecule has 0 unspecified atom stereocenters. The first-order valence-electron chi connectivity index (χ1n) is 9.67. The van der Waals surface area contributed by atoms with E-state index in [1.54, 1.807) is 0 Å². The highest BCUT2D eigenvalue weighted by Gasteiger charge is 2.48. The number of aromatic nitrogens is 2. The summed E-state index contributed by atoms with van der Waals surface area (Å²) >= 11 is 0. The first-order chi connectivity index (χ1) is 13.3. The van der Waals surface area contributed by atoms with Crippen LogP contribution in [0.25, 0.3) is 0 Å². The van der Waals surface area contributed by atoms with Crippen molar-refractivity contribution in [3.05, 3.63) is 16.4 Å². The van der Waals surface area contributed by atoms with Crippen LogP contribution in [0.1, 0.15) is 25.7 Å². The number of nitrogens with zero attached hydrogens (tertiary/aromatic N) is 4. The van der Waals surface area contributed by atoms with E-state index in [2.05, 4.69) is 4.98 Å². The lowest BCUT2D eigenvalue weighted by Gasteiger charge is -2.39. The highest BCUT2D eigenvalue weighted by molar-refractivity contribution is 5.87. The van der Waals surface area contributed by atoms with Gasteiger partial charge in [0.25, 0.3) is 5.56 Å². The molecule has 3 aliphatic heterocycles. The van der Waals surface area contributed by atoms with Gasteiger partial charge >= 0.3 is 6.18 Å². The van der Waals surface area contributed by atoms with Crippen molar-refractivity contribution in [1.82, 2.24) is 9.55 Å². The zero-order valence-corrected chi connectivity index (χ0v) is 15.2. The normalized spacial score (nSPS) is 29.3. The van der Waals surface area contributed by atoms with Crippen molar-refractivity contribution in [1.29, 1.82) is 0 Å². The fourth-order valence-electron chi connectivity index (χ4n) is 4.51. The van der Waals surface area contributed by atoms with Gasteiger partial charge in [0.15, 0.2) is 5.78 Å². The molecule has 0 aromatic carbocycles. The first kappa shape index (κ1) is 18.0. The fourth-order valence-corrected chi connectivity index (χ4v) is 4.51. The third-order valence-corrected chi connectivity index (χ3v) is 6.17. The number of morpholine rings is 1. The molecule has 2 bridgehead atoms. The number of fused-ring (bicyclic) bond motifs is 3. The first-order valence-corrected chi connectivity index (χ1v) is 9.67. The molecule has 10 heteroatoms. The zero-order valence-electron chi connectivity index (χ0n) is 15.2. The van der Waals surface area contributed by atoms with Crippen LogP contribution in [0, 0.1) is 5.92 Å². The van der Waals surface area contributed by atoms with Crippen molar-refractivity contribution >= 4 is 17.5 Å². The maximum Gasteiger partial charge on any atom is 0.408 e. The quantitative estimate of drug-likeness (QED) is 0.763. The Hall–Kier alpha value is -2.10. The molecular weight excluding hydrogens is 377 g/mol. The lowest BCUT2D eigenvalue weighted by molar-refractivity contribution is -0.153. The van der Waals surface area contributed by atoms with E-state index in [-0.39, 0.29) is 54.9 Å². The van der Waals surface area contributed by atoms with Gasteiger partial charge in [-0.05, 0) is 25.7 Å². The Morgan fingerprint density at radius 1 is 1.29 bits per heavy atom. The summed E-state index contributed by atoms with van der Waals surface area (Å²) in [4.78, 5) is 32.4. The Bertz CT molecular complexity index is 867. The van der Waals surface area contributed by atoms with Crippen molar-refractivity contribution in [2.45, 2.75) is 56.6 Å². The van der Waals surface area contributed by atoms with Crippen LogP contribution in [0.15, 0.2) is 10.9 Å². The molecule has 1 aliphatic carbocycles. The lowest BCUT2D eigenvalue weighted by Crippen LogP contribution is -2.54. The minimum absolute atomic E-state index is 0.0474. The standard InChI is InChI=1S/C18H21F3N4O3/c19-18(20,21)14-3-4-23-16(27)6-15(24-7-12-5-11(24)9-28-12)22-17(23)25(14)8-13(26)10-1-2-10/h6,10-12,14H,1-5,7-9H2/t11-,12+,14-/m0/s1. The van der Waals surface area contributed by atoms with Gasteiger partial charge in [-0.25, -0.2) is 0 Å². The van der Waals surface area contributed by atoms with Crippen molar-refractivity contribution in [3.8, 4) is 0 Å². The Balaban J connectivity index is 1.54. The second-order valence-electron chi connectivity index (χ2n) is 8.12. The van der Waals surface area contributed by atoms with Gasteiger partial charge in [-0.2, -0.15) is 18.2 Å². The number of hydrogen-bond acceptors (Lipinski definition) is 6. The zero-order chi connectivity index (χ0) is 19.6. The van der Waals surface area contributed by atoms with Crippen molar-refractivity contribution < 1.29 is 22.7 Å². The molecule has 2 saturated heterocycles. The maximum absolute atomic E-state index is 13.7. The summed E-state index contributed by atoms with van der Waals surface area (Å²) in [6.07, 6.45) is -2.42. The number of carbonyl (C=O) groups excluding carboxylic acids is 1. The average molecular weight is 398 g/mol. The molecule has 0 N–H and O–H groups in total. The summed E-state index contributed by atoms with van der Waals surface area (Å²) in [6.45, 7) is 0.679. The van der Waals surface area contributed by atoms with E-state index in [4.69, 9.17) is 4.74 Å². The Morgan fingerprint density at radius 2 is 2.07 bits per heavy atom. The van der Waals surface area contributed by atoms with Gasteiger partial charge in [0.2, 0.25) is 5.95 Å². The Morgan fingerprint density at radius 3 is 2.68 bits per heavy atom. The molecule has 1 aromatic rings. The molecule has 5 rings (SSSR count). The van der Waals surface area contributed by atoms with Crippen molar-refractivity contribution in [2.24, 2.45) is 5.92 Å². The summed E-state index contributed by atoms with van der Waals surface area (Å²) in [5, 5.41) is 0. The maximum atomic E-state index is 13.7. The molecule has 0 amide bonds. The van der Waals surface area contributed by atoms with Gasteiger partial charge in [-0.3, -0.25) is 14.2 Å². The van der Waals surface area contributed by atoms with E-state index in [0.717, 1.165) is 24.2 Å². The summed E-state index contributed by atoms with van der Waals surface area (Å²) in [6, 6.07) is -0.335. The van der Waals surface area contributed by atoms with Gasteiger partial charge in [0.1, 0.15) is 11.9 Å². The molecule has 3 fully saturated rings. The number of hydrogen-bond donors (Lipinski definition) is 0. The van der Waals surface area contributed by atoms with Gasteiger partial charge < -0.3 is 14.5 Å². The second kappa shape index (κ2) is 6.20. The van der Waals surface area contributed by atoms with Crippen LogP contribution in [0.3, 0.4) is 0 Å². The van der Waals surface area contributed by atoms with Crippen molar-refractivity contribution in [3.63, 3.8) is 0 Å². The number of ether oxygens (including phenoxy) is 1. The molecule has 0 spiro atoms. The molecular formula is C18H21F3N4O3. The van der Waals surface area contributed by atoms with Gasteiger partial charge in [0, 0.05) is 25.1 Å². The van der Waals surface area contributed by atoms with Crippen LogP contribution in [-0.2, 0) is 16.1 Å². The highest BCUT2D eigenvalue weighted by Crippen LogP contribution is 2.37. The SMILES string of the molecule is O=C(CN1c2nc(N3C[C@H]4C[C@H]3CO4)cc(=O)n2CC[C@H]1C(F)(F)F)C1CC1. The monoisotopic (exact) mass is 398 g/mol. The second-order valence-corrected chi connectivity index (χ2v) is 8.12. The number of Topliss-reactive ketones (excluding diaryl/α,β-unsaturated/α-hetero) is 1. The van der Waals surface area contributed by atoms with Crippen molar-refractivity contribution in [2.75, 3.05) is 29.5 Å².